The zero-order valence-corrected chi connectivity index (χ0v) is 14.5. The van der Waals surface area contributed by atoms with Gasteiger partial charge in [0.25, 0.3) is 0 Å². The first-order chi connectivity index (χ1) is 10.4. The van der Waals surface area contributed by atoms with E-state index in [4.69, 9.17) is 11.6 Å². The van der Waals surface area contributed by atoms with E-state index >= 15 is 0 Å². The van der Waals surface area contributed by atoms with Crippen LogP contribution >= 0.6 is 11.6 Å². The van der Waals surface area contributed by atoms with Gasteiger partial charge in [-0.05, 0) is 72.7 Å². The van der Waals surface area contributed by atoms with Crippen molar-refractivity contribution in [3.63, 3.8) is 0 Å². The fourth-order valence-electron chi connectivity index (χ4n) is 7.63. The summed E-state index contributed by atoms with van der Waals surface area (Å²) in [5.74, 6) is 2.34. The van der Waals surface area contributed by atoms with Crippen LogP contribution in [0.5, 0.6) is 0 Å². The van der Waals surface area contributed by atoms with Crippen molar-refractivity contribution in [2.24, 2.45) is 34.0 Å². The lowest BCUT2D eigenvalue weighted by atomic mass is 9.46. The molecule has 22 heavy (non-hydrogen) atoms. The third-order valence-electron chi connectivity index (χ3n) is 8.80. The molecule has 0 aromatic heterocycles. The number of rotatable bonds is 0. The highest BCUT2D eigenvalue weighted by Gasteiger charge is 2.77. The molecule has 7 atom stereocenters. The summed E-state index contributed by atoms with van der Waals surface area (Å²) in [6.07, 6.45) is 13.1. The Balaban J connectivity index is 1.60. The number of halogens is 1. The Hall–Kier alpha value is -0.270. The topological polar surface area (TPSA) is 20.2 Å². The monoisotopic (exact) mass is 318 g/mol. The summed E-state index contributed by atoms with van der Waals surface area (Å²) in [6.45, 7) is 4.84. The first-order valence-electron chi connectivity index (χ1n) is 9.17. The maximum atomic E-state index is 10.7. The molecule has 1 N–H and O–H groups in total. The average molecular weight is 319 g/mol. The van der Waals surface area contributed by atoms with Gasteiger partial charge in [0, 0.05) is 16.9 Å². The minimum absolute atomic E-state index is 0.0533. The zero-order valence-electron chi connectivity index (χ0n) is 13.7. The van der Waals surface area contributed by atoms with Crippen LogP contribution in [0.2, 0.25) is 0 Å². The second kappa shape index (κ2) is 4.03. The largest absolute Gasteiger partial charge is 0.393 e. The molecule has 4 saturated carbocycles. The van der Waals surface area contributed by atoms with Crippen LogP contribution in [0.25, 0.3) is 0 Å². The van der Waals surface area contributed by atoms with Gasteiger partial charge in [-0.2, -0.15) is 0 Å². The van der Waals surface area contributed by atoms with Crippen LogP contribution in [-0.4, -0.2) is 11.2 Å². The molecule has 2 heteroatoms. The van der Waals surface area contributed by atoms with Crippen molar-refractivity contribution < 1.29 is 5.11 Å². The molecule has 5 rings (SSSR count). The molecule has 0 aliphatic heterocycles. The molecule has 0 amide bonds. The Morgan fingerprint density at radius 2 is 2.05 bits per heavy atom. The van der Waals surface area contributed by atoms with E-state index in [2.05, 4.69) is 26.0 Å². The van der Waals surface area contributed by atoms with Gasteiger partial charge in [-0.3, -0.25) is 0 Å². The van der Waals surface area contributed by atoms with Crippen LogP contribution < -0.4 is 0 Å². The van der Waals surface area contributed by atoms with Gasteiger partial charge in [-0.25, -0.2) is 0 Å². The summed E-state index contributed by atoms with van der Waals surface area (Å²) in [6, 6.07) is 0. The average Bonchev–Trinajstić information content (AvgIpc) is 3.13. The standard InChI is InChI=1S/C20H27ClO/c1-18-8-3-4-16(21)15(18)6-5-14-13(18)7-9-19(2)17(22)10-12-11-20(12,14)19/h3,8,12-14,17,22H,4-7,9-11H2,1-2H3/t12-,13-,14+,17+,18+,19+,20+/m0/s1. The molecule has 4 fully saturated rings. The molecule has 5 aliphatic rings. The van der Waals surface area contributed by atoms with E-state index in [1.165, 1.54) is 37.7 Å². The van der Waals surface area contributed by atoms with Crippen LogP contribution in [0.1, 0.15) is 58.8 Å². The molecule has 120 valence electrons. The molecule has 1 nitrogen and oxygen atoms in total. The summed E-state index contributed by atoms with van der Waals surface area (Å²) >= 11 is 6.61. The van der Waals surface area contributed by atoms with E-state index in [1.807, 2.05) is 0 Å². The minimum Gasteiger partial charge on any atom is -0.393 e. The van der Waals surface area contributed by atoms with Crippen LogP contribution in [0.3, 0.4) is 0 Å². The number of aliphatic hydroxyl groups excluding tert-OH is 1. The summed E-state index contributed by atoms with van der Waals surface area (Å²) in [5, 5.41) is 11.8. The second-order valence-corrected chi connectivity index (χ2v) is 9.63. The molecular weight excluding hydrogens is 292 g/mol. The summed E-state index contributed by atoms with van der Waals surface area (Å²) < 4.78 is 0. The number of allylic oxidation sites excluding steroid dienone is 4. The van der Waals surface area contributed by atoms with Crippen molar-refractivity contribution in [2.75, 3.05) is 0 Å². The molecular formula is C20H27ClO. The van der Waals surface area contributed by atoms with E-state index in [0.29, 0.717) is 5.41 Å². The van der Waals surface area contributed by atoms with Crippen LogP contribution in [0.4, 0.5) is 0 Å². The number of fused-ring (bicyclic) bond motifs is 3. The van der Waals surface area contributed by atoms with Gasteiger partial charge in [-0.15, -0.1) is 0 Å². The van der Waals surface area contributed by atoms with Crippen LogP contribution in [0.15, 0.2) is 22.8 Å². The smallest absolute Gasteiger partial charge is 0.0602 e. The van der Waals surface area contributed by atoms with Gasteiger partial charge in [0.15, 0.2) is 0 Å². The molecule has 0 heterocycles. The van der Waals surface area contributed by atoms with Crippen molar-refractivity contribution in [1.29, 1.82) is 0 Å². The Kier molecular flexibility index (Phi) is 2.59. The molecule has 0 unspecified atom stereocenters. The molecule has 0 radical (unpaired) electrons. The maximum absolute atomic E-state index is 10.7. The lowest BCUT2D eigenvalue weighted by Crippen LogP contribution is -2.53. The van der Waals surface area contributed by atoms with Crippen molar-refractivity contribution >= 4 is 11.6 Å². The molecule has 5 aliphatic carbocycles. The zero-order chi connectivity index (χ0) is 15.3. The highest BCUT2D eigenvalue weighted by molar-refractivity contribution is 6.30. The lowest BCUT2D eigenvalue weighted by molar-refractivity contribution is -0.0916. The number of aliphatic hydroxyl groups is 1. The Labute approximate surface area is 138 Å². The fourth-order valence-corrected chi connectivity index (χ4v) is 8.01. The highest BCUT2D eigenvalue weighted by Crippen LogP contribution is 2.82. The fraction of sp³-hybridized carbons (Fsp3) is 0.800. The van der Waals surface area contributed by atoms with Gasteiger partial charge in [0.2, 0.25) is 0 Å². The number of hydrogen-bond acceptors (Lipinski definition) is 1. The molecule has 0 saturated heterocycles. The Morgan fingerprint density at radius 1 is 1.23 bits per heavy atom. The van der Waals surface area contributed by atoms with Gasteiger partial charge in [0.1, 0.15) is 0 Å². The first kappa shape index (κ1) is 14.1. The molecule has 0 aromatic rings. The predicted octanol–water partition coefficient (Wildman–Crippen LogP) is 5.04. The van der Waals surface area contributed by atoms with E-state index < -0.39 is 0 Å². The molecule has 1 spiro atoms. The first-order valence-corrected chi connectivity index (χ1v) is 9.55. The van der Waals surface area contributed by atoms with Crippen LogP contribution in [0, 0.1) is 34.0 Å². The summed E-state index contributed by atoms with van der Waals surface area (Å²) in [4.78, 5) is 0. The predicted molar refractivity (Wildman–Crippen MR) is 89.5 cm³/mol. The number of hydrogen-bond donors (Lipinski definition) is 1. The molecule has 0 aromatic carbocycles. The SMILES string of the molecule is C[C@]12C=CCC(Cl)=C1CC[C@@H]1[C@@H]2CC[C@]2(C)[C@H](O)C[C@H]3C[C@@]312. The van der Waals surface area contributed by atoms with Gasteiger partial charge in [0.05, 0.1) is 6.10 Å². The third kappa shape index (κ3) is 1.35. The highest BCUT2D eigenvalue weighted by atomic mass is 35.5. The van der Waals surface area contributed by atoms with Crippen molar-refractivity contribution in [3.05, 3.63) is 22.8 Å². The van der Waals surface area contributed by atoms with Crippen molar-refractivity contribution in [3.8, 4) is 0 Å². The van der Waals surface area contributed by atoms with Gasteiger partial charge >= 0.3 is 0 Å². The van der Waals surface area contributed by atoms with E-state index in [1.54, 1.807) is 0 Å². The van der Waals surface area contributed by atoms with Crippen molar-refractivity contribution in [2.45, 2.75) is 64.9 Å². The quantitative estimate of drug-likeness (QED) is 0.620. The normalized spacial score (nSPS) is 58.7. The third-order valence-corrected chi connectivity index (χ3v) is 9.18. The minimum atomic E-state index is -0.0533. The van der Waals surface area contributed by atoms with E-state index in [-0.39, 0.29) is 16.9 Å². The maximum Gasteiger partial charge on any atom is 0.0602 e. The van der Waals surface area contributed by atoms with Gasteiger partial charge in [-0.1, -0.05) is 37.6 Å². The second-order valence-electron chi connectivity index (χ2n) is 9.17. The lowest BCUT2D eigenvalue weighted by Gasteiger charge is -2.58. The van der Waals surface area contributed by atoms with Gasteiger partial charge < -0.3 is 5.11 Å². The Bertz CT molecular complexity index is 607. The summed E-state index contributed by atoms with van der Waals surface area (Å²) in [5.41, 5.74) is 2.38. The Morgan fingerprint density at radius 3 is 2.86 bits per heavy atom. The van der Waals surface area contributed by atoms with Crippen LogP contribution in [-0.2, 0) is 0 Å². The summed E-state index contributed by atoms with van der Waals surface area (Å²) in [7, 11) is 0. The molecule has 0 bridgehead atoms. The van der Waals surface area contributed by atoms with E-state index in [9.17, 15) is 5.11 Å². The van der Waals surface area contributed by atoms with Crippen molar-refractivity contribution in [1.82, 2.24) is 0 Å². The van der Waals surface area contributed by atoms with E-state index in [0.717, 1.165) is 35.6 Å².